The zero-order chi connectivity index (χ0) is 20.7. The molecular formula is C20H22F4N2O2. The van der Waals surface area contributed by atoms with Gasteiger partial charge in [-0.2, -0.15) is 13.2 Å². The monoisotopic (exact) mass is 398 g/mol. The zero-order valence-corrected chi connectivity index (χ0v) is 15.6. The average molecular weight is 398 g/mol. The van der Waals surface area contributed by atoms with Crippen LogP contribution in [0.2, 0.25) is 0 Å². The first-order valence-corrected chi connectivity index (χ1v) is 8.88. The number of hydrogen-bond acceptors (Lipinski definition) is 3. The number of ether oxygens (including phenoxy) is 1. The molecule has 0 unspecified atom stereocenters. The van der Waals surface area contributed by atoms with Gasteiger partial charge in [0, 0.05) is 12.1 Å². The van der Waals surface area contributed by atoms with E-state index in [0.29, 0.717) is 36.7 Å². The molecule has 0 aromatic heterocycles. The van der Waals surface area contributed by atoms with E-state index in [2.05, 4.69) is 10.2 Å². The molecule has 1 amide bonds. The van der Waals surface area contributed by atoms with Gasteiger partial charge in [0.1, 0.15) is 18.2 Å². The van der Waals surface area contributed by atoms with Crippen LogP contribution in [0.1, 0.15) is 29.8 Å². The van der Waals surface area contributed by atoms with E-state index in [1.165, 1.54) is 0 Å². The molecule has 0 aliphatic carbocycles. The highest BCUT2D eigenvalue weighted by molar-refractivity contribution is 6.05. The molecule has 28 heavy (non-hydrogen) atoms. The summed E-state index contributed by atoms with van der Waals surface area (Å²) in [5.74, 6) is -1.81. The number of hydrogen-bond donors (Lipinski definition) is 1. The molecule has 1 N–H and O–H groups in total. The molecule has 0 aliphatic rings. The van der Waals surface area contributed by atoms with Crippen molar-refractivity contribution >= 4 is 11.6 Å². The maximum Gasteiger partial charge on any atom is 0.419 e. The minimum absolute atomic E-state index is 0.299. The van der Waals surface area contributed by atoms with Gasteiger partial charge in [-0.25, -0.2) is 4.39 Å². The van der Waals surface area contributed by atoms with E-state index in [4.69, 9.17) is 4.74 Å². The zero-order valence-electron chi connectivity index (χ0n) is 15.6. The van der Waals surface area contributed by atoms with Crippen molar-refractivity contribution in [1.29, 1.82) is 0 Å². The van der Waals surface area contributed by atoms with E-state index >= 15 is 0 Å². The van der Waals surface area contributed by atoms with Gasteiger partial charge in [0.15, 0.2) is 0 Å². The Morgan fingerprint density at radius 2 is 1.79 bits per heavy atom. The van der Waals surface area contributed by atoms with Gasteiger partial charge in [-0.1, -0.05) is 26.0 Å². The summed E-state index contributed by atoms with van der Waals surface area (Å²) in [7, 11) is 0. The standard InChI is InChI=1S/C20H22F4N2O2/c1-3-26(4-2)11-12-28-18-8-6-5-7-17(18)25-19(27)14-9-10-16(21)15(13-14)20(22,23)24/h5-10,13H,3-4,11-12H2,1-2H3,(H,25,27). The van der Waals surface area contributed by atoms with Gasteiger partial charge in [0.25, 0.3) is 5.91 Å². The average Bonchev–Trinajstić information content (AvgIpc) is 2.66. The molecule has 2 aromatic rings. The molecule has 0 heterocycles. The number of rotatable bonds is 8. The number of halogens is 4. The molecule has 152 valence electrons. The Kier molecular flexibility index (Phi) is 7.39. The highest BCUT2D eigenvalue weighted by atomic mass is 19.4. The largest absolute Gasteiger partial charge is 0.490 e. The van der Waals surface area contributed by atoms with Gasteiger partial charge in [0.2, 0.25) is 0 Å². The predicted molar refractivity (Wildman–Crippen MR) is 99.1 cm³/mol. The van der Waals surface area contributed by atoms with Crippen molar-refractivity contribution in [3.05, 3.63) is 59.4 Å². The molecule has 0 radical (unpaired) electrons. The van der Waals surface area contributed by atoms with Crippen molar-refractivity contribution in [1.82, 2.24) is 4.90 Å². The Hall–Kier alpha value is -2.61. The molecule has 0 spiro atoms. The summed E-state index contributed by atoms with van der Waals surface area (Å²) >= 11 is 0. The third-order valence-electron chi connectivity index (χ3n) is 4.23. The van der Waals surface area contributed by atoms with E-state index in [9.17, 15) is 22.4 Å². The lowest BCUT2D eigenvalue weighted by Gasteiger charge is -2.19. The fraction of sp³-hybridized carbons (Fsp3) is 0.350. The summed E-state index contributed by atoms with van der Waals surface area (Å²) in [5.41, 5.74) is -1.46. The first-order valence-electron chi connectivity index (χ1n) is 8.88. The van der Waals surface area contributed by atoms with Crippen LogP contribution in [0.3, 0.4) is 0 Å². The summed E-state index contributed by atoms with van der Waals surface area (Å²) in [6, 6.07) is 8.76. The molecule has 0 bridgehead atoms. The third kappa shape index (κ3) is 5.69. The summed E-state index contributed by atoms with van der Waals surface area (Å²) in [4.78, 5) is 14.5. The van der Waals surface area contributed by atoms with Crippen LogP contribution in [0.5, 0.6) is 5.75 Å². The van der Waals surface area contributed by atoms with Gasteiger partial charge < -0.3 is 15.0 Å². The summed E-state index contributed by atoms with van der Waals surface area (Å²) in [6.07, 6.45) is -4.88. The van der Waals surface area contributed by atoms with E-state index in [1.54, 1.807) is 24.3 Å². The Balaban J connectivity index is 2.12. The number of anilines is 1. The number of nitrogens with zero attached hydrogens (tertiary/aromatic N) is 1. The minimum atomic E-state index is -4.88. The maximum atomic E-state index is 13.4. The highest BCUT2D eigenvalue weighted by Gasteiger charge is 2.34. The molecule has 0 saturated heterocycles. The van der Waals surface area contributed by atoms with Crippen LogP contribution < -0.4 is 10.1 Å². The van der Waals surface area contributed by atoms with Crippen molar-refractivity contribution in [2.24, 2.45) is 0 Å². The van der Waals surface area contributed by atoms with Gasteiger partial charge in [-0.05, 0) is 43.4 Å². The fourth-order valence-electron chi connectivity index (χ4n) is 2.60. The smallest absolute Gasteiger partial charge is 0.419 e. The van der Waals surface area contributed by atoms with Crippen LogP contribution in [-0.4, -0.2) is 37.0 Å². The highest BCUT2D eigenvalue weighted by Crippen LogP contribution is 2.32. The lowest BCUT2D eigenvalue weighted by atomic mass is 10.1. The topological polar surface area (TPSA) is 41.6 Å². The number of amides is 1. The predicted octanol–water partition coefficient (Wildman–Crippen LogP) is 4.82. The summed E-state index contributed by atoms with van der Waals surface area (Å²) < 4.78 is 57.7. The van der Waals surface area contributed by atoms with E-state index in [0.717, 1.165) is 19.2 Å². The Morgan fingerprint density at radius 1 is 1.11 bits per heavy atom. The number of alkyl halides is 3. The normalized spacial score (nSPS) is 11.5. The first kappa shape index (κ1) is 21.7. The molecule has 8 heteroatoms. The quantitative estimate of drug-likeness (QED) is 0.649. The van der Waals surface area contributed by atoms with Crippen molar-refractivity contribution < 1.29 is 27.1 Å². The minimum Gasteiger partial charge on any atom is -0.490 e. The van der Waals surface area contributed by atoms with Crippen LogP contribution in [0, 0.1) is 5.82 Å². The van der Waals surface area contributed by atoms with Crippen LogP contribution in [0.15, 0.2) is 42.5 Å². The van der Waals surface area contributed by atoms with Gasteiger partial charge in [-0.15, -0.1) is 0 Å². The van der Waals surface area contributed by atoms with Gasteiger partial charge >= 0.3 is 6.18 Å². The van der Waals surface area contributed by atoms with Crippen molar-refractivity contribution in [3.63, 3.8) is 0 Å². The summed E-state index contributed by atoms with van der Waals surface area (Å²) in [5, 5.41) is 2.52. The number of benzene rings is 2. The van der Waals surface area contributed by atoms with Crippen LogP contribution >= 0.6 is 0 Å². The first-order chi connectivity index (χ1) is 13.3. The van der Waals surface area contributed by atoms with Crippen molar-refractivity contribution in [3.8, 4) is 5.75 Å². The van der Waals surface area contributed by atoms with E-state index in [1.807, 2.05) is 13.8 Å². The van der Waals surface area contributed by atoms with Gasteiger partial charge in [0.05, 0.1) is 11.3 Å². The second-order valence-electron chi connectivity index (χ2n) is 6.02. The van der Waals surface area contributed by atoms with E-state index < -0.39 is 23.5 Å². The number of para-hydroxylation sites is 2. The number of likely N-dealkylation sites (N-methyl/N-ethyl adjacent to an activating group) is 1. The molecule has 0 atom stereocenters. The second-order valence-corrected chi connectivity index (χ2v) is 6.02. The third-order valence-corrected chi connectivity index (χ3v) is 4.23. The molecule has 0 saturated carbocycles. The molecule has 2 rings (SSSR count). The molecule has 4 nitrogen and oxygen atoms in total. The van der Waals surface area contributed by atoms with Crippen molar-refractivity contribution in [2.45, 2.75) is 20.0 Å². The number of carbonyl (C=O) groups excluding carboxylic acids is 1. The fourth-order valence-corrected chi connectivity index (χ4v) is 2.60. The SMILES string of the molecule is CCN(CC)CCOc1ccccc1NC(=O)c1ccc(F)c(C(F)(F)F)c1. The molecule has 0 aliphatic heterocycles. The van der Waals surface area contributed by atoms with E-state index in [-0.39, 0.29) is 5.56 Å². The molecule has 2 aromatic carbocycles. The van der Waals surface area contributed by atoms with Gasteiger partial charge in [-0.3, -0.25) is 4.79 Å². The molecule has 0 fully saturated rings. The molecular weight excluding hydrogens is 376 g/mol. The van der Waals surface area contributed by atoms with Crippen molar-refractivity contribution in [2.75, 3.05) is 31.6 Å². The Labute approximate surface area is 161 Å². The summed E-state index contributed by atoms with van der Waals surface area (Å²) in [6.45, 7) is 6.92. The number of carbonyl (C=O) groups is 1. The van der Waals surface area contributed by atoms with Crippen LogP contribution in [0.4, 0.5) is 23.2 Å². The Morgan fingerprint density at radius 3 is 2.43 bits per heavy atom. The second kappa shape index (κ2) is 9.54. The Bertz CT molecular complexity index is 805. The number of nitrogens with one attached hydrogen (secondary N) is 1. The lowest BCUT2D eigenvalue weighted by Crippen LogP contribution is -2.28. The van der Waals surface area contributed by atoms with Crippen LogP contribution in [-0.2, 0) is 6.18 Å². The maximum absolute atomic E-state index is 13.4. The van der Waals surface area contributed by atoms with Crippen LogP contribution in [0.25, 0.3) is 0 Å². The lowest BCUT2D eigenvalue weighted by molar-refractivity contribution is -0.140.